The maximum absolute atomic E-state index is 11.8. The van der Waals surface area contributed by atoms with Crippen molar-refractivity contribution < 1.29 is 9.21 Å². The second kappa shape index (κ2) is 2.96. The molecule has 0 unspecified atom stereocenters. The Hall–Kier alpha value is -1.57. The summed E-state index contributed by atoms with van der Waals surface area (Å²) >= 11 is 0. The van der Waals surface area contributed by atoms with Crippen LogP contribution >= 0.6 is 0 Å². The normalized spacial score (nSPS) is 15.8. The van der Waals surface area contributed by atoms with Gasteiger partial charge in [-0.05, 0) is 38.0 Å². The molecule has 3 rings (SSSR count). The molecular weight excluding hydrogens is 188 g/mol. The van der Waals surface area contributed by atoms with Gasteiger partial charge in [0.25, 0.3) is 0 Å². The number of aryl methyl sites for hydroxylation is 1. The summed E-state index contributed by atoms with van der Waals surface area (Å²) in [6.45, 7) is 2.04. The number of ketones is 1. The summed E-state index contributed by atoms with van der Waals surface area (Å²) in [5.41, 5.74) is 2.00. The standard InChI is InChI=1S/C13H12O2/c1-8-2-5-11-10(6-8)7-12(15-11)13(14)9-3-4-9/h2,5-7,9H,3-4H2,1H3. The second-order valence-electron chi connectivity index (χ2n) is 4.29. The Morgan fingerprint density at radius 2 is 2.13 bits per heavy atom. The van der Waals surface area contributed by atoms with E-state index in [4.69, 9.17) is 4.42 Å². The summed E-state index contributed by atoms with van der Waals surface area (Å²) in [5.74, 6) is 0.925. The van der Waals surface area contributed by atoms with Gasteiger partial charge in [0, 0.05) is 11.3 Å². The molecule has 0 aliphatic heterocycles. The van der Waals surface area contributed by atoms with E-state index >= 15 is 0 Å². The van der Waals surface area contributed by atoms with Gasteiger partial charge in [-0.2, -0.15) is 0 Å². The van der Waals surface area contributed by atoms with E-state index in [0.717, 1.165) is 23.8 Å². The number of carbonyl (C=O) groups excluding carboxylic acids is 1. The molecule has 0 spiro atoms. The minimum Gasteiger partial charge on any atom is -0.453 e. The minimum absolute atomic E-state index is 0.170. The lowest BCUT2D eigenvalue weighted by Gasteiger charge is -1.90. The Bertz CT molecular complexity index is 532. The highest BCUT2D eigenvalue weighted by molar-refractivity contribution is 6.00. The van der Waals surface area contributed by atoms with E-state index in [1.165, 1.54) is 5.56 Å². The summed E-state index contributed by atoms with van der Waals surface area (Å²) in [5, 5.41) is 1.03. The molecule has 0 amide bonds. The third-order valence-electron chi connectivity index (χ3n) is 2.86. The van der Waals surface area contributed by atoms with E-state index < -0.39 is 0 Å². The average Bonchev–Trinajstić information content (AvgIpc) is 2.97. The van der Waals surface area contributed by atoms with Crippen LogP contribution in [0.5, 0.6) is 0 Å². The van der Waals surface area contributed by atoms with Gasteiger partial charge in [-0.15, -0.1) is 0 Å². The highest BCUT2D eigenvalue weighted by Crippen LogP contribution is 2.34. The van der Waals surface area contributed by atoms with E-state index in [0.29, 0.717) is 5.76 Å². The van der Waals surface area contributed by atoms with Crippen LogP contribution in [-0.4, -0.2) is 5.78 Å². The molecule has 2 aromatic rings. The van der Waals surface area contributed by atoms with E-state index in [2.05, 4.69) is 0 Å². The predicted molar refractivity (Wildman–Crippen MR) is 58.0 cm³/mol. The van der Waals surface area contributed by atoms with Gasteiger partial charge in [-0.1, -0.05) is 11.6 Å². The number of benzene rings is 1. The van der Waals surface area contributed by atoms with Crippen LogP contribution in [0.25, 0.3) is 11.0 Å². The van der Waals surface area contributed by atoms with Crippen molar-refractivity contribution in [3.05, 3.63) is 35.6 Å². The molecule has 2 nitrogen and oxygen atoms in total. The van der Waals surface area contributed by atoms with Gasteiger partial charge >= 0.3 is 0 Å². The first kappa shape index (κ1) is 8.72. The first-order valence-corrected chi connectivity index (χ1v) is 5.28. The number of furan rings is 1. The molecule has 1 heterocycles. The molecule has 76 valence electrons. The lowest BCUT2D eigenvalue weighted by atomic mass is 10.1. The maximum atomic E-state index is 11.8. The van der Waals surface area contributed by atoms with Crippen molar-refractivity contribution in [1.82, 2.24) is 0 Å². The summed E-state index contributed by atoms with van der Waals surface area (Å²) in [6.07, 6.45) is 2.05. The van der Waals surface area contributed by atoms with Crippen LogP contribution in [0, 0.1) is 12.8 Å². The van der Waals surface area contributed by atoms with Crippen molar-refractivity contribution in [3.63, 3.8) is 0 Å². The first-order chi connectivity index (χ1) is 7.24. The molecule has 0 atom stereocenters. The largest absolute Gasteiger partial charge is 0.453 e. The zero-order chi connectivity index (χ0) is 10.4. The molecule has 1 aromatic heterocycles. The van der Waals surface area contributed by atoms with Crippen LogP contribution in [0.4, 0.5) is 0 Å². The van der Waals surface area contributed by atoms with Crippen LogP contribution in [0.3, 0.4) is 0 Å². The Kier molecular flexibility index (Phi) is 1.72. The quantitative estimate of drug-likeness (QED) is 0.696. The zero-order valence-corrected chi connectivity index (χ0v) is 8.62. The van der Waals surface area contributed by atoms with Gasteiger partial charge < -0.3 is 4.42 Å². The highest BCUT2D eigenvalue weighted by atomic mass is 16.3. The van der Waals surface area contributed by atoms with Crippen molar-refractivity contribution in [2.45, 2.75) is 19.8 Å². The molecule has 2 heteroatoms. The van der Waals surface area contributed by atoms with Crippen molar-refractivity contribution in [3.8, 4) is 0 Å². The number of carbonyl (C=O) groups is 1. The zero-order valence-electron chi connectivity index (χ0n) is 8.62. The van der Waals surface area contributed by atoms with E-state index in [-0.39, 0.29) is 11.7 Å². The van der Waals surface area contributed by atoms with E-state index in [1.807, 2.05) is 31.2 Å². The van der Waals surface area contributed by atoms with Crippen molar-refractivity contribution >= 4 is 16.8 Å². The van der Waals surface area contributed by atoms with Gasteiger partial charge in [0.1, 0.15) is 5.58 Å². The number of Topliss-reactive ketones (excluding diaryl/α,β-unsaturated/α-hetero) is 1. The lowest BCUT2D eigenvalue weighted by Crippen LogP contribution is -1.98. The number of hydrogen-bond acceptors (Lipinski definition) is 2. The first-order valence-electron chi connectivity index (χ1n) is 5.28. The Morgan fingerprint density at radius 3 is 2.87 bits per heavy atom. The topological polar surface area (TPSA) is 30.2 Å². The SMILES string of the molecule is Cc1ccc2oc(C(=O)C3CC3)cc2c1. The number of hydrogen-bond donors (Lipinski definition) is 0. The van der Waals surface area contributed by atoms with Crippen LogP contribution in [0.2, 0.25) is 0 Å². The third-order valence-corrected chi connectivity index (χ3v) is 2.86. The van der Waals surface area contributed by atoms with Crippen LogP contribution in [0.1, 0.15) is 29.0 Å². The molecule has 1 fully saturated rings. The van der Waals surface area contributed by atoms with Gasteiger partial charge in [0.15, 0.2) is 5.76 Å². The lowest BCUT2D eigenvalue weighted by molar-refractivity contribution is 0.0942. The Labute approximate surface area is 87.9 Å². The summed E-state index contributed by atoms with van der Waals surface area (Å²) < 4.78 is 5.54. The number of fused-ring (bicyclic) bond motifs is 1. The van der Waals surface area contributed by atoms with Crippen molar-refractivity contribution in [2.24, 2.45) is 5.92 Å². The van der Waals surface area contributed by atoms with Gasteiger partial charge in [0.05, 0.1) is 0 Å². The fourth-order valence-corrected chi connectivity index (χ4v) is 1.83. The third kappa shape index (κ3) is 1.46. The summed E-state index contributed by atoms with van der Waals surface area (Å²) in [6, 6.07) is 7.83. The summed E-state index contributed by atoms with van der Waals surface area (Å²) in [4.78, 5) is 11.8. The van der Waals surface area contributed by atoms with E-state index in [1.54, 1.807) is 0 Å². The van der Waals surface area contributed by atoms with Crippen molar-refractivity contribution in [2.75, 3.05) is 0 Å². The highest BCUT2D eigenvalue weighted by Gasteiger charge is 2.32. The smallest absolute Gasteiger partial charge is 0.201 e. The predicted octanol–water partition coefficient (Wildman–Crippen LogP) is 3.33. The maximum Gasteiger partial charge on any atom is 0.201 e. The van der Waals surface area contributed by atoms with Gasteiger partial charge in [0.2, 0.25) is 5.78 Å². The molecule has 1 aliphatic rings. The molecule has 0 radical (unpaired) electrons. The Morgan fingerprint density at radius 1 is 1.33 bits per heavy atom. The van der Waals surface area contributed by atoms with Crippen molar-refractivity contribution in [1.29, 1.82) is 0 Å². The molecular formula is C13H12O2. The van der Waals surface area contributed by atoms with Crippen LogP contribution in [-0.2, 0) is 0 Å². The Balaban J connectivity index is 2.09. The minimum atomic E-state index is 0.170. The van der Waals surface area contributed by atoms with Gasteiger partial charge in [-0.3, -0.25) is 4.79 Å². The molecule has 0 bridgehead atoms. The van der Waals surface area contributed by atoms with Crippen LogP contribution in [0.15, 0.2) is 28.7 Å². The van der Waals surface area contributed by atoms with Gasteiger partial charge in [-0.25, -0.2) is 0 Å². The number of rotatable bonds is 2. The molecule has 1 aliphatic carbocycles. The monoisotopic (exact) mass is 200 g/mol. The summed E-state index contributed by atoms with van der Waals surface area (Å²) in [7, 11) is 0. The molecule has 1 aromatic carbocycles. The van der Waals surface area contributed by atoms with Crippen LogP contribution < -0.4 is 0 Å². The fraction of sp³-hybridized carbons (Fsp3) is 0.308. The molecule has 0 N–H and O–H groups in total. The second-order valence-corrected chi connectivity index (χ2v) is 4.29. The molecule has 1 saturated carbocycles. The molecule has 15 heavy (non-hydrogen) atoms. The van der Waals surface area contributed by atoms with E-state index in [9.17, 15) is 4.79 Å². The molecule has 0 saturated heterocycles. The average molecular weight is 200 g/mol. The fourth-order valence-electron chi connectivity index (χ4n) is 1.83.